The molecule has 19 heavy (non-hydrogen) atoms. The predicted octanol–water partition coefficient (Wildman–Crippen LogP) is 2.69. The summed E-state index contributed by atoms with van der Waals surface area (Å²) in [6, 6.07) is 7.25. The maximum atomic E-state index is 12.0. The minimum atomic E-state index is -3.33. The van der Waals surface area contributed by atoms with Gasteiger partial charge < -0.3 is 0 Å². The predicted molar refractivity (Wildman–Crippen MR) is 75.9 cm³/mol. The molecule has 0 bridgehead atoms. The van der Waals surface area contributed by atoms with Crippen LogP contribution in [0.15, 0.2) is 29.2 Å². The molecule has 0 aliphatic heterocycles. The van der Waals surface area contributed by atoms with Crippen molar-refractivity contribution in [1.29, 1.82) is 0 Å². The second-order valence-electron chi connectivity index (χ2n) is 5.60. The van der Waals surface area contributed by atoms with Gasteiger partial charge in [0.25, 0.3) is 0 Å². The molecule has 1 aromatic rings. The highest BCUT2D eigenvalue weighted by Crippen LogP contribution is 2.37. The first kappa shape index (κ1) is 13.4. The van der Waals surface area contributed by atoms with Gasteiger partial charge in [-0.25, -0.2) is 13.1 Å². The lowest BCUT2D eigenvalue weighted by Crippen LogP contribution is -2.25. The van der Waals surface area contributed by atoms with E-state index < -0.39 is 10.0 Å². The van der Waals surface area contributed by atoms with E-state index in [0.717, 1.165) is 24.8 Å². The third-order valence-corrected chi connectivity index (χ3v) is 5.74. The summed E-state index contributed by atoms with van der Waals surface area (Å²) in [5.41, 5.74) is 1.11. The van der Waals surface area contributed by atoms with Gasteiger partial charge in [-0.15, -0.1) is 11.6 Å². The maximum Gasteiger partial charge on any atom is 0.240 e. The molecule has 0 heterocycles. The first-order valence-electron chi connectivity index (χ1n) is 6.80. The summed E-state index contributed by atoms with van der Waals surface area (Å²) in [6.07, 6.45) is 5.18. The highest BCUT2D eigenvalue weighted by Gasteiger charge is 2.30. The van der Waals surface area contributed by atoms with E-state index in [1.807, 2.05) is 12.1 Å². The van der Waals surface area contributed by atoms with E-state index in [1.165, 1.54) is 12.8 Å². The topological polar surface area (TPSA) is 46.2 Å². The highest BCUT2D eigenvalue weighted by atomic mass is 35.5. The van der Waals surface area contributed by atoms with Gasteiger partial charge in [0.1, 0.15) is 0 Å². The first-order valence-corrected chi connectivity index (χ1v) is 8.72. The molecule has 0 amide bonds. The fraction of sp³-hybridized carbons (Fsp3) is 0.571. The Kier molecular flexibility index (Phi) is 3.58. The molecule has 0 spiro atoms. The monoisotopic (exact) mass is 299 g/mol. The third-order valence-electron chi connectivity index (χ3n) is 3.70. The van der Waals surface area contributed by atoms with Gasteiger partial charge in [0.15, 0.2) is 0 Å². The highest BCUT2D eigenvalue weighted by molar-refractivity contribution is 7.89. The normalized spacial score (nSPS) is 21.3. The van der Waals surface area contributed by atoms with Gasteiger partial charge in [0, 0.05) is 11.4 Å². The van der Waals surface area contributed by atoms with E-state index in [4.69, 9.17) is 11.6 Å². The van der Waals surface area contributed by atoms with Gasteiger partial charge in [-0.3, -0.25) is 0 Å². The fourth-order valence-corrected chi connectivity index (χ4v) is 3.88. The largest absolute Gasteiger partial charge is 0.240 e. The lowest BCUT2D eigenvalue weighted by molar-refractivity contribution is 0.581. The van der Waals surface area contributed by atoms with Crippen LogP contribution in [0.5, 0.6) is 0 Å². The molecule has 0 aromatic heterocycles. The van der Waals surface area contributed by atoms with Crippen molar-refractivity contribution in [3.05, 3.63) is 29.8 Å². The van der Waals surface area contributed by atoms with Crippen molar-refractivity contribution in [2.24, 2.45) is 5.92 Å². The Balaban J connectivity index is 1.67. The van der Waals surface area contributed by atoms with Crippen LogP contribution in [0.25, 0.3) is 0 Å². The molecule has 3 rings (SSSR count). The Hall–Kier alpha value is -0.580. The first-order chi connectivity index (χ1) is 9.04. The zero-order valence-electron chi connectivity index (χ0n) is 10.7. The second-order valence-corrected chi connectivity index (χ2v) is 7.87. The van der Waals surface area contributed by atoms with E-state index in [1.54, 1.807) is 12.1 Å². The van der Waals surface area contributed by atoms with Gasteiger partial charge in [-0.2, -0.15) is 0 Å². The van der Waals surface area contributed by atoms with Crippen molar-refractivity contribution in [2.75, 3.05) is 0 Å². The third kappa shape index (κ3) is 3.50. The summed E-state index contributed by atoms with van der Waals surface area (Å²) in [5.74, 6) is 0.654. The van der Waals surface area contributed by atoms with Crippen molar-refractivity contribution >= 4 is 21.6 Å². The molecule has 5 heteroatoms. The maximum absolute atomic E-state index is 12.0. The van der Waals surface area contributed by atoms with Gasteiger partial charge in [-0.1, -0.05) is 12.1 Å². The van der Waals surface area contributed by atoms with E-state index in [-0.39, 0.29) is 11.4 Å². The van der Waals surface area contributed by atoms with E-state index >= 15 is 0 Å². The summed E-state index contributed by atoms with van der Waals surface area (Å²) >= 11 is 6.29. The number of nitrogens with one attached hydrogen (secondary N) is 1. The van der Waals surface area contributed by atoms with Crippen molar-refractivity contribution < 1.29 is 8.42 Å². The van der Waals surface area contributed by atoms with E-state index in [2.05, 4.69) is 4.72 Å². The fourth-order valence-electron chi connectivity index (χ4n) is 2.14. The summed E-state index contributed by atoms with van der Waals surface area (Å²) in [6.45, 7) is 0. The quantitative estimate of drug-likeness (QED) is 0.821. The van der Waals surface area contributed by atoms with Crippen molar-refractivity contribution in [3.8, 4) is 0 Å². The lowest BCUT2D eigenvalue weighted by atomic mass is 10.1. The molecular weight excluding hydrogens is 282 g/mol. The van der Waals surface area contributed by atoms with Crippen LogP contribution in [-0.4, -0.2) is 19.8 Å². The van der Waals surface area contributed by atoms with Crippen LogP contribution < -0.4 is 4.72 Å². The molecule has 2 fully saturated rings. The minimum absolute atomic E-state index is 0.145. The zero-order chi connectivity index (χ0) is 13.5. The molecular formula is C14H18ClNO2S. The van der Waals surface area contributed by atoms with Crippen molar-refractivity contribution in [1.82, 2.24) is 4.72 Å². The molecule has 2 aliphatic rings. The number of sulfonamides is 1. The summed E-state index contributed by atoms with van der Waals surface area (Å²) in [5, 5.41) is 0.187. The Bertz CT molecular complexity index is 547. The van der Waals surface area contributed by atoms with Crippen LogP contribution in [0, 0.1) is 5.92 Å². The molecule has 2 aliphatic carbocycles. The molecule has 1 atom stereocenters. The Morgan fingerprint density at radius 3 is 2.32 bits per heavy atom. The van der Waals surface area contributed by atoms with Crippen LogP contribution in [0.3, 0.4) is 0 Å². The van der Waals surface area contributed by atoms with Crippen molar-refractivity contribution in [2.45, 2.75) is 48.4 Å². The van der Waals surface area contributed by atoms with Crippen molar-refractivity contribution in [3.63, 3.8) is 0 Å². The number of hydrogen-bond donors (Lipinski definition) is 1. The Labute approximate surface area is 119 Å². The molecule has 0 saturated heterocycles. The SMILES string of the molecule is O=S(=O)(NC1CC1)c1ccc(CC(Cl)C2CC2)cc1. The van der Waals surface area contributed by atoms with Crippen LogP contribution in [-0.2, 0) is 16.4 Å². The molecule has 104 valence electrons. The average molecular weight is 300 g/mol. The molecule has 3 nitrogen and oxygen atoms in total. The summed E-state index contributed by atoms with van der Waals surface area (Å²) < 4.78 is 26.7. The molecule has 1 N–H and O–H groups in total. The van der Waals surface area contributed by atoms with Crippen LogP contribution in [0.1, 0.15) is 31.2 Å². The van der Waals surface area contributed by atoms with Crippen LogP contribution >= 0.6 is 11.6 Å². The smallest absolute Gasteiger partial charge is 0.208 e. The number of hydrogen-bond acceptors (Lipinski definition) is 2. The Morgan fingerprint density at radius 1 is 1.16 bits per heavy atom. The molecule has 1 aromatic carbocycles. The second kappa shape index (κ2) is 5.08. The molecule has 0 radical (unpaired) electrons. The molecule has 1 unspecified atom stereocenters. The van der Waals surface area contributed by atoms with Gasteiger partial charge >= 0.3 is 0 Å². The van der Waals surface area contributed by atoms with E-state index in [0.29, 0.717) is 10.8 Å². The number of halogens is 1. The van der Waals surface area contributed by atoms with Crippen LogP contribution in [0.2, 0.25) is 0 Å². The molecule has 2 saturated carbocycles. The number of alkyl halides is 1. The summed E-state index contributed by atoms with van der Waals surface area (Å²) in [7, 11) is -3.33. The lowest BCUT2D eigenvalue weighted by Gasteiger charge is -2.09. The van der Waals surface area contributed by atoms with Crippen LogP contribution in [0.4, 0.5) is 0 Å². The number of rotatable bonds is 6. The standard InChI is InChI=1S/C14H18ClNO2S/c15-14(11-3-4-11)9-10-1-7-13(8-2-10)19(17,18)16-12-5-6-12/h1-2,7-8,11-12,14,16H,3-6,9H2. The average Bonchev–Trinajstić information content (AvgIpc) is 3.23. The van der Waals surface area contributed by atoms with E-state index in [9.17, 15) is 8.42 Å². The Morgan fingerprint density at radius 2 is 1.79 bits per heavy atom. The summed E-state index contributed by atoms with van der Waals surface area (Å²) in [4.78, 5) is 0.348. The zero-order valence-corrected chi connectivity index (χ0v) is 12.3. The van der Waals surface area contributed by atoms with Gasteiger partial charge in [0.2, 0.25) is 10.0 Å². The van der Waals surface area contributed by atoms with Gasteiger partial charge in [-0.05, 0) is 55.7 Å². The minimum Gasteiger partial charge on any atom is -0.208 e. The van der Waals surface area contributed by atoms with Gasteiger partial charge in [0.05, 0.1) is 4.90 Å². The number of benzene rings is 1.